The van der Waals surface area contributed by atoms with E-state index < -0.39 is 0 Å². The number of aryl methyl sites for hydroxylation is 1. The molecule has 1 saturated heterocycles. The Kier molecular flexibility index (Phi) is 7.02. The summed E-state index contributed by atoms with van der Waals surface area (Å²) in [6.07, 6.45) is 2.60. The summed E-state index contributed by atoms with van der Waals surface area (Å²) in [7, 11) is 0. The van der Waals surface area contributed by atoms with Gasteiger partial charge in [0.15, 0.2) is 0 Å². The zero-order valence-electron chi connectivity index (χ0n) is 19.2. The zero-order chi connectivity index (χ0) is 22.5. The Balaban J connectivity index is 1.45. The molecule has 2 atom stereocenters. The van der Waals surface area contributed by atoms with Gasteiger partial charge in [0.05, 0.1) is 5.69 Å². The molecule has 32 heavy (non-hydrogen) atoms. The monoisotopic (exact) mass is 431 g/mol. The molecule has 0 unspecified atom stereocenters. The van der Waals surface area contributed by atoms with Crippen LogP contribution >= 0.6 is 0 Å². The third-order valence-corrected chi connectivity index (χ3v) is 6.12. The lowest BCUT2D eigenvalue weighted by Crippen LogP contribution is -2.53. The molecular weight excluding hydrogens is 398 g/mol. The van der Waals surface area contributed by atoms with Gasteiger partial charge in [0.2, 0.25) is 5.95 Å². The van der Waals surface area contributed by atoms with Gasteiger partial charge in [0, 0.05) is 50.0 Å². The lowest BCUT2D eigenvalue weighted by atomic mass is 10.0. The first-order valence-electron chi connectivity index (χ1n) is 11.4. The van der Waals surface area contributed by atoms with Crippen molar-refractivity contribution < 1.29 is 5.11 Å². The highest BCUT2D eigenvalue weighted by Gasteiger charge is 2.22. The molecule has 1 aliphatic rings. The summed E-state index contributed by atoms with van der Waals surface area (Å²) in [6.45, 7) is 10.4. The van der Waals surface area contributed by atoms with Crippen molar-refractivity contribution in [2.24, 2.45) is 0 Å². The van der Waals surface area contributed by atoms with Crippen LogP contribution in [0.25, 0.3) is 11.3 Å². The van der Waals surface area contributed by atoms with Gasteiger partial charge < -0.3 is 15.7 Å². The fourth-order valence-corrected chi connectivity index (χ4v) is 4.22. The van der Waals surface area contributed by atoms with Crippen molar-refractivity contribution in [2.75, 3.05) is 25.0 Å². The second-order valence-electron chi connectivity index (χ2n) is 8.85. The molecule has 2 heterocycles. The fraction of sp³-hybridized carbons (Fsp3) is 0.385. The Morgan fingerprint density at radius 2 is 2.00 bits per heavy atom. The van der Waals surface area contributed by atoms with E-state index in [1.165, 1.54) is 11.1 Å². The molecule has 0 saturated carbocycles. The Morgan fingerprint density at radius 1 is 1.12 bits per heavy atom. The molecular formula is C26H33N5O. The zero-order valence-corrected chi connectivity index (χ0v) is 19.2. The number of aromatic nitrogens is 2. The first-order valence-corrected chi connectivity index (χ1v) is 11.4. The Bertz CT molecular complexity index is 1050. The summed E-state index contributed by atoms with van der Waals surface area (Å²) in [5.74, 6) is 0.915. The third-order valence-electron chi connectivity index (χ3n) is 6.12. The molecule has 6 heteroatoms. The molecule has 6 nitrogen and oxygen atoms in total. The van der Waals surface area contributed by atoms with Crippen molar-refractivity contribution in [3.05, 3.63) is 71.4 Å². The molecule has 0 radical (unpaired) electrons. The number of nitrogens with zero attached hydrogens (tertiary/aromatic N) is 3. The van der Waals surface area contributed by atoms with E-state index in [-0.39, 0.29) is 0 Å². The van der Waals surface area contributed by atoms with Crippen LogP contribution in [0.1, 0.15) is 30.5 Å². The van der Waals surface area contributed by atoms with Crippen LogP contribution in [0.3, 0.4) is 0 Å². The van der Waals surface area contributed by atoms with Gasteiger partial charge in [-0.2, -0.15) is 0 Å². The highest BCUT2D eigenvalue weighted by molar-refractivity contribution is 5.65. The molecule has 0 bridgehead atoms. The number of phenolic OH excluding ortho intramolecular Hbond substituents is 1. The van der Waals surface area contributed by atoms with Crippen LogP contribution in [0, 0.1) is 6.92 Å². The normalized spacial score (nSPS) is 19.1. The predicted molar refractivity (Wildman–Crippen MR) is 130 cm³/mol. The van der Waals surface area contributed by atoms with Gasteiger partial charge in [-0.1, -0.05) is 24.3 Å². The van der Waals surface area contributed by atoms with Crippen LogP contribution in [-0.4, -0.2) is 51.7 Å². The molecule has 168 valence electrons. The van der Waals surface area contributed by atoms with Crippen molar-refractivity contribution in [2.45, 2.75) is 45.8 Å². The lowest BCUT2D eigenvalue weighted by molar-refractivity contribution is 0.139. The van der Waals surface area contributed by atoms with Gasteiger partial charge in [-0.25, -0.2) is 9.97 Å². The molecule has 2 aromatic carbocycles. The van der Waals surface area contributed by atoms with E-state index in [0.29, 0.717) is 30.3 Å². The van der Waals surface area contributed by atoms with Gasteiger partial charge in [0.25, 0.3) is 0 Å². The summed E-state index contributed by atoms with van der Waals surface area (Å²) in [4.78, 5) is 11.7. The molecule has 0 spiro atoms. The van der Waals surface area contributed by atoms with E-state index in [2.05, 4.69) is 59.5 Å². The number of phenols is 1. The number of hydrogen-bond acceptors (Lipinski definition) is 6. The van der Waals surface area contributed by atoms with E-state index in [4.69, 9.17) is 4.98 Å². The minimum atomic E-state index is 0.292. The standard InChI is InChI=1S/C26H33N5O/c1-18-7-8-22(17-31-16-19(2)29-15-20(31)3)14-24(18)25-10-12-28-26(30-25)27-11-9-21-5-4-6-23(32)13-21/h4-8,10,12-14,19-20,29,32H,9,11,15-17H2,1-3H3,(H,27,28,30)/t19-,20-/m0/s1. The van der Waals surface area contributed by atoms with E-state index in [0.717, 1.165) is 42.9 Å². The second kappa shape index (κ2) is 10.1. The Labute approximate surface area is 190 Å². The van der Waals surface area contributed by atoms with Crippen molar-refractivity contribution in [3.63, 3.8) is 0 Å². The second-order valence-corrected chi connectivity index (χ2v) is 8.85. The molecule has 4 rings (SSSR count). The van der Waals surface area contributed by atoms with Crippen LogP contribution < -0.4 is 10.6 Å². The number of hydrogen-bond donors (Lipinski definition) is 3. The molecule has 1 aromatic heterocycles. The summed E-state index contributed by atoms with van der Waals surface area (Å²) >= 11 is 0. The average Bonchev–Trinajstić information content (AvgIpc) is 2.78. The SMILES string of the molecule is Cc1ccc(CN2C[C@H](C)NC[C@@H]2C)cc1-c1ccnc(NCCc2cccc(O)c2)n1. The lowest BCUT2D eigenvalue weighted by Gasteiger charge is -2.37. The van der Waals surface area contributed by atoms with E-state index in [9.17, 15) is 5.11 Å². The van der Waals surface area contributed by atoms with Crippen LogP contribution in [0.15, 0.2) is 54.7 Å². The molecule has 3 N–H and O–H groups in total. The first-order chi connectivity index (χ1) is 15.5. The summed E-state index contributed by atoms with van der Waals surface area (Å²) in [5.41, 5.74) is 5.68. The maximum Gasteiger partial charge on any atom is 0.223 e. The number of rotatable bonds is 7. The third kappa shape index (κ3) is 5.64. The summed E-state index contributed by atoms with van der Waals surface area (Å²) in [6, 6.07) is 17.1. The molecule has 0 aliphatic carbocycles. The average molecular weight is 432 g/mol. The maximum atomic E-state index is 9.62. The van der Waals surface area contributed by atoms with Crippen LogP contribution in [0.4, 0.5) is 5.95 Å². The first kappa shape index (κ1) is 22.2. The van der Waals surface area contributed by atoms with Crippen LogP contribution in [0.2, 0.25) is 0 Å². The van der Waals surface area contributed by atoms with Gasteiger partial charge in [-0.05, 0) is 68.1 Å². The Hall–Kier alpha value is -2.96. The van der Waals surface area contributed by atoms with Crippen molar-refractivity contribution >= 4 is 5.95 Å². The van der Waals surface area contributed by atoms with Gasteiger partial charge in [0.1, 0.15) is 5.75 Å². The summed E-state index contributed by atoms with van der Waals surface area (Å²) in [5, 5.41) is 16.5. The number of piperazine rings is 1. The highest BCUT2D eigenvalue weighted by atomic mass is 16.3. The van der Waals surface area contributed by atoms with Crippen LogP contribution in [0.5, 0.6) is 5.75 Å². The number of anilines is 1. The minimum Gasteiger partial charge on any atom is -0.508 e. The van der Waals surface area contributed by atoms with Crippen molar-refractivity contribution in [1.29, 1.82) is 0 Å². The predicted octanol–water partition coefficient (Wildman–Crippen LogP) is 3.99. The fourth-order valence-electron chi connectivity index (χ4n) is 4.22. The maximum absolute atomic E-state index is 9.62. The smallest absolute Gasteiger partial charge is 0.223 e. The number of benzene rings is 2. The molecule has 1 aliphatic heterocycles. The van der Waals surface area contributed by atoms with Crippen molar-refractivity contribution in [3.8, 4) is 17.0 Å². The molecule has 3 aromatic rings. The quantitative estimate of drug-likeness (QED) is 0.525. The number of nitrogens with one attached hydrogen (secondary N) is 2. The van der Waals surface area contributed by atoms with E-state index in [1.807, 2.05) is 24.4 Å². The molecule has 1 fully saturated rings. The molecule has 0 amide bonds. The topological polar surface area (TPSA) is 73.3 Å². The minimum absolute atomic E-state index is 0.292. The van der Waals surface area contributed by atoms with Crippen molar-refractivity contribution in [1.82, 2.24) is 20.2 Å². The van der Waals surface area contributed by atoms with Gasteiger partial charge in [-0.3, -0.25) is 4.90 Å². The van der Waals surface area contributed by atoms with E-state index in [1.54, 1.807) is 12.1 Å². The van der Waals surface area contributed by atoms with E-state index >= 15 is 0 Å². The highest BCUT2D eigenvalue weighted by Crippen LogP contribution is 2.25. The summed E-state index contributed by atoms with van der Waals surface area (Å²) < 4.78 is 0. The number of aromatic hydroxyl groups is 1. The largest absolute Gasteiger partial charge is 0.508 e. The Morgan fingerprint density at radius 3 is 2.84 bits per heavy atom. The van der Waals surface area contributed by atoms with Gasteiger partial charge >= 0.3 is 0 Å². The van der Waals surface area contributed by atoms with Crippen LogP contribution in [-0.2, 0) is 13.0 Å². The van der Waals surface area contributed by atoms with Gasteiger partial charge in [-0.15, -0.1) is 0 Å².